The molecule has 3 rings (SSSR count). The van der Waals surface area contributed by atoms with Crippen molar-refractivity contribution in [1.29, 1.82) is 0 Å². The van der Waals surface area contributed by atoms with E-state index < -0.39 is 0 Å². The van der Waals surface area contributed by atoms with Crippen LogP contribution in [0.4, 0.5) is 0 Å². The number of carbonyl (C=O) groups excluding carboxylic acids is 1. The summed E-state index contributed by atoms with van der Waals surface area (Å²) >= 11 is 0. The van der Waals surface area contributed by atoms with Gasteiger partial charge in [0.05, 0.1) is 13.7 Å². The van der Waals surface area contributed by atoms with Crippen LogP contribution in [0.2, 0.25) is 0 Å². The molecule has 1 saturated heterocycles. The molecule has 1 amide bonds. The lowest BCUT2D eigenvalue weighted by Gasteiger charge is -2.31. The lowest BCUT2D eigenvalue weighted by Crippen LogP contribution is -2.41. The summed E-state index contributed by atoms with van der Waals surface area (Å²) in [6, 6.07) is 8.94. The molecule has 1 aromatic heterocycles. The highest BCUT2D eigenvalue weighted by Gasteiger charge is 2.26. The van der Waals surface area contributed by atoms with Crippen molar-refractivity contribution in [2.24, 2.45) is 5.92 Å². The van der Waals surface area contributed by atoms with Crippen LogP contribution < -0.4 is 9.47 Å². The van der Waals surface area contributed by atoms with Gasteiger partial charge in [-0.25, -0.2) is 0 Å². The molecule has 7 nitrogen and oxygen atoms in total. The van der Waals surface area contributed by atoms with Crippen LogP contribution in [0.5, 0.6) is 11.5 Å². The zero-order chi connectivity index (χ0) is 18.4. The fourth-order valence-electron chi connectivity index (χ4n) is 3.11. The molecule has 1 aromatic carbocycles. The minimum Gasteiger partial charge on any atom is -0.497 e. The molecule has 1 fully saturated rings. The van der Waals surface area contributed by atoms with Gasteiger partial charge in [-0.3, -0.25) is 4.79 Å². The molecular weight excluding hydrogens is 336 g/mol. The maximum atomic E-state index is 12.6. The monoisotopic (exact) mass is 360 g/mol. The van der Waals surface area contributed by atoms with E-state index in [2.05, 4.69) is 5.16 Å². The number of carbonyl (C=O) groups is 1. The highest BCUT2D eigenvalue weighted by atomic mass is 16.5. The molecular formula is C19H24N2O5. The molecule has 1 atom stereocenters. The van der Waals surface area contributed by atoms with Gasteiger partial charge < -0.3 is 23.6 Å². The largest absolute Gasteiger partial charge is 0.497 e. The molecule has 2 heterocycles. The van der Waals surface area contributed by atoms with Crippen molar-refractivity contribution in [2.75, 3.05) is 33.9 Å². The van der Waals surface area contributed by atoms with Crippen LogP contribution in [0, 0.1) is 5.92 Å². The number of piperidine rings is 1. The van der Waals surface area contributed by atoms with Gasteiger partial charge in [0.15, 0.2) is 11.5 Å². The van der Waals surface area contributed by atoms with Crippen LogP contribution in [0.1, 0.15) is 29.1 Å². The van der Waals surface area contributed by atoms with Crippen LogP contribution in [-0.2, 0) is 11.3 Å². The molecule has 0 radical (unpaired) electrons. The van der Waals surface area contributed by atoms with Crippen molar-refractivity contribution in [3.05, 3.63) is 41.8 Å². The second-order valence-electron chi connectivity index (χ2n) is 6.36. The van der Waals surface area contributed by atoms with Crippen molar-refractivity contribution in [3.63, 3.8) is 0 Å². The fourth-order valence-corrected chi connectivity index (χ4v) is 3.11. The van der Waals surface area contributed by atoms with Crippen LogP contribution >= 0.6 is 0 Å². The summed E-state index contributed by atoms with van der Waals surface area (Å²) in [4.78, 5) is 14.4. The molecule has 0 unspecified atom stereocenters. The Morgan fingerprint density at radius 3 is 2.96 bits per heavy atom. The predicted molar refractivity (Wildman–Crippen MR) is 94.3 cm³/mol. The predicted octanol–water partition coefficient (Wildman–Crippen LogP) is 2.76. The number of rotatable bonds is 7. The smallest absolute Gasteiger partial charge is 0.276 e. The minimum atomic E-state index is -0.109. The average Bonchev–Trinajstić information content (AvgIpc) is 3.15. The highest BCUT2D eigenvalue weighted by Crippen LogP contribution is 2.21. The Labute approximate surface area is 152 Å². The SMILES string of the molecule is COC[C@H]1CCCN(C(=O)c2cc(COc3cccc(OC)c3)on2)C1. The van der Waals surface area contributed by atoms with Crippen molar-refractivity contribution >= 4 is 5.91 Å². The second kappa shape index (κ2) is 8.71. The zero-order valence-corrected chi connectivity index (χ0v) is 15.1. The summed E-state index contributed by atoms with van der Waals surface area (Å²) in [5.74, 6) is 2.14. The molecule has 0 bridgehead atoms. The number of benzene rings is 1. The van der Waals surface area contributed by atoms with Crippen molar-refractivity contribution in [1.82, 2.24) is 10.1 Å². The Bertz CT molecular complexity index is 728. The molecule has 140 valence electrons. The summed E-state index contributed by atoms with van der Waals surface area (Å²) in [7, 11) is 3.29. The first-order valence-electron chi connectivity index (χ1n) is 8.70. The van der Waals surface area contributed by atoms with E-state index in [0.29, 0.717) is 42.0 Å². The number of hydrogen-bond donors (Lipinski definition) is 0. The van der Waals surface area contributed by atoms with E-state index in [0.717, 1.165) is 19.4 Å². The lowest BCUT2D eigenvalue weighted by molar-refractivity contribution is 0.0561. The van der Waals surface area contributed by atoms with Gasteiger partial charge in [0.2, 0.25) is 0 Å². The lowest BCUT2D eigenvalue weighted by atomic mass is 9.99. The number of ether oxygens (including phenoxy) is 3. The first kappa shape index (κ1) is 18.3. The normalized spacial score (nSPS) is 17.2. The molecule has 7 heteroatoms. The Balaban J connectivity index is 1.57. The zero-order valence-electron chi connectivity index (χ0n) is 15.1. The van der Waals surface area contributed by atoms with E-state index >= 15 is 0 Å². The van der Waals surface area contributed by atoms with Gasteiger partial charge in [-0.2, -0.15) is 0 Å². The third kappa shape index (κ3) is 4.54. The highest BCUT2D eigenvalue weighted by molar-refractivity contribution is 5.92. The number of likely N-dealkylation sites (tertiary alicyclic amines) is 1. The standard InChI is InChI=1S/C19H24N2O5/c1-23-12-14-5-4-8-21(11-14)19(22)18-10-17(26-20-18)13-25-16-7-3-6-15(9-16)24-2/h3,6-7,9-10,14H,4-5,8,11-13H2,1-2H3/t14-/m0/s1. The Hall–Kier alpha value is -2.54. The maximum absolute atomic E-state index is 12.6. The van der Waals surface area contributed by atoms with Gasteiger partial charge in [0, 0.05) is 32.3 Å². The van der Waals surface area contributed by atoms with Crippen molar-refractivity contribution < 1.29 is 23.5 Å². The number of nitrogens with zero attached hydrogens (tertiary/aromatic N) is 2. The van der Waals surface area contributed by atoms with Gasteiger partial charge in [0.1, 0.15) is 18.1 Å². The van der Waals surface area contributed by atoms with Crippen LogP contribution in [0.25, 0.3) is 0 Å². The average molecular weight is 360 g/mol. The first-order valence-corrected chi connectivity index (χ1v) is 8.70. The van der Waals surface area contributed by atoms with Crippen molar-refractivity contribution in [2.45, 2.75) is 19.4 Å². The van der Waals surface area contributed by atoms with Crippen LogP contribution in [0.15, 0.2) is 34.9 Å². The van der Waals surface area contributed by atoms with E-state index in [1.54, 1.807) is 26.4 Å². The van der Waals surface area contributed by atoms with Crippen LogP contribution in [0.3, 0.4) is 0 Å². The van der Waals surface area contributed by atoms with E-state index in [9.17, 15) is 4.79 Å². The summed E-state index contributed by atoms with van der Waals surface area (Å²) in [6.07, 6.45) is 2.06. The summed E-state index contributed by atoms with van der Waals surface area (Å²) < 4.78 is 21.3. The number of hydrogen-bond acceptors (Lipinski definition) is 6. The number of aromatic nitrogens is 1. The molecule has 0 spiro atoms. The minimum absolute atomic E-state index is 0.109. The summed E-state index contributed by atoms with van der Waals surface area (Å²) in [5, 5.41) is 3.91. The summed E-state index contributed by atoms with van der Waals surface area (Å²) in [6.45, 7) is 2.29. The van der Waals surface area contributed by atoms with Crippen LogP contribution in [-0.4, -0.2) is 49.9 Å². The van der Waals surface area contributed by atoms with Gasteiger partial charge >= 0.3 is 0 Å². The van der Waals surface area contributed by atoms with E-state index in [1.807, 2.05) is 23.1 Å². The molecule has 1 aliphatic rings. The van der Waals surface area contributed by atoms with Gasteiger partial charge in [-0.15, -0.1) is 0 Å². The fraction of sp³-hybridized carbons (Fsp3) is 0.474. The number of methoxy groups -OCH3 is 2. The third-order valence-corrected chi connectivity index (χ3v) is 4.41. The molecule has 0 aliphatic carbocycles. The van der Waals surface area contributed by atoms with Gasteiger partial charge in [-0.1, -0.05) is 11.2 Å². The topological polar surface area (TPSA) is 74.0 Å². The van der Waals surface area contributed by atoms with E-state index in [-0.39, 0.29) is 12.5 Å². The molecule has 0 saturated carbocycles. The summed E-state index contributed by atoms with van der Waals surface area (Å²) in [5.41, 5.74) is 0.312. The Morgan fingerprint density at radius 1 is 1.31 bits per heavy atom. The van der Waals surface area contributed by atoms with Crippen molar-refractivity contribution in [3.8, 4) is 11.5 Å². The molecule has 26 heavy (non-hydrogen) atoms. The quantitative estimate of drug-likeness (QED) is 0.756. The second-order valence-corrected chi connectivity index (χ2v) is 6.36. The van der Waals surface area contributed by atoms with E-state index in [1.165, 1.54) is 0 Å². The Morgan fingerprint density at radius 2 is 2.15 bits per heavy atom. The molecule has 2 aromatic rings. The van der Waals surface area contributed by atoms with E-state index in [4.69, 9.17) is 18.7 Å². The number of amides is 1. The van der Waals surface area contributed by atoms with Gasteiger partial charge in [-0.05, 0) is 30.9 Å². The van der Waals surface area contributed by atoms with Gasteiger partial charge in [0.25, 0.3) is 5.91 Å². The Kier molecular flexibility index (Phi) is 6.12. The molecule has 0 N–H and O–H groups in total. The molecule has 1 aliphatic heterocycles. The first-order chi connectivity index (χ1) is 12.7. The maximum Gasteiger partial charge on any atom is 0.276 e. The third-order valence-electron chi connectivity index (χ3n) is 4.41.